The number of halogens is 2. The van der Waals surface area contributed by atoms with Crippen LogP contribution in [0.15, 0.2) is 33.5 Å². The molecule has 0 radical (unpaired) electrons. The molecule has 1 saturated heterocycles. The predicted molar refractivity (Wildman–Crippen MR) is 120 cm³/mol. The molecule has 3 unspecified atom stereocenters. The average Bonchev–Trinajstić information content (AvgIpc) is 3.08. The number of fused-ring (bicyclic) bond motifs is 1. The molecule has 2 heterocycles. The first-order valence-corrected chi connectivity index (χ1v) is 11.3. The van der Waals surface area contributed by atoms with E-state index in [1.807, 2.05) is 6.07 Å². The third kappa shape index (κ3) is 5.12. The summed E-state index contributed by atoms with van der Waals surface area (Å²) in [5, 5.41) is 0.838. The summed E-state index contributed by atoms with van der Waals surface area (Å²) in [6.45, 7) is 7.91. The molecular formula is C21H25Br2NO6. The van der Waals surface area contributed by atoms with E-state index in [0.29, 0.717) is 36.7 Å². The van der Waals surface area contributed by atoms with E-state index in [1.165, 1.54) is 14.0 Å². The van der Waals surface area contributed by atoms with E-state index in [4.69, 9.17) is 23.7 Å². The van der Waals surface area contributed by atoms with Gasteiger partial charge in [0, 0.05) is 26.0 Å². The molecule has 1 aromatic carbocycles. The summed E-state index contributed by atoms with van der Waals surface area (Å²) >= 11 is 7.21. The van der Waals surface area contributed by atoms with Gasteiger partial charge in [0.15, 0.2) is 0 Å². The number of hydrogen-bond donors (Lipinski definition) is 1. The van der Waals surface area contributed by atoms with Crippen LogP contribution in [-0.4, -0.2) is 43.2 Å². The van der Waals surface area contributed by atoms with Crippen molar-refractivity contribution >= 4 is 48.7 Å². The van der Waals surface area contributed by atoms with Crippen molar-refractivity contribution in [1.29, 1.82) is 0 Å². The van der Waals surface area contributed by atoms with E-state index < -0.39 is 12.4 Å². The molecule has 2 aromatic rings. The lowest BCUT2D eigenvalue weighted by molar-refractivity contribution is -0.188. The molecule has 1 fully saturated rings. The number of carbonyl (C=O) groups is 1. The molecule has 0 aliphatic carbocycles. The van der Waals surface area contributed by atoms with Crippen LogP contribution in [0.25, 0.3) is 10.9 Å². The largest absolute Gasteiger partial charge is 0.499 e. The van der Waals surface area contributed by atoms with Gasteiger partial charge in [-0.3, -0.25) is 4.79 Å². The summed E-state index contributed by atoms with van der Waals surface area (Å²) < 4.78 is 30.4. The van der Waals surface area contributed by atoms with Crippen LogP contribution in [0.2, 0.25) is 0 Å². The normalized spacial score (nSPS) is 21.3. The van der Waals surface area contributed by atoms with Crippen LogP contribution in [0.3, 0.4) is 0 Å². The van der Waals surface area contributed by atoms with E-state index in [9.17, 15) is 4.79 Å². The summed E-state index contributed by atoms with van der Waals surface area (Å²) in [5.74, 6) is 1.42. The van der Waals surface area contributed by atoms with Gasteiger partial charge in [0.1, 0.15) is 29.5 Å². The lowest BCUT2D eigenvalue weighted by Crippen LogP contribution is -2.41. The number of esters is 1. The Bertz CT molecular complexity index is 928. The lowest BCUT2D eigenvalue weighted by Gasteiger charge is -2.34. The minimum absolute atomic E-state index is 0.347. The number of methoxy groups -OCH3 is 1. The van der Waals surface area contributed by atoms with Gasteiger partial charge in [-0.1, -0.05) is 13.5 Å². The molecule has 1 aliphatic heterocycles. The molecule has 1 N–H and O–H groups in total. The fourth-order valence-electron chi connectivity index (χ4n) is 3.33. The van der Waals surface area contributed by atoms with E-state index in [1.54, 1.807) is 6.20 Å². The minimum atomic E-state index is -0.644. The number of H-pyrrole nitrogens is 1. The zero-order chi connectivity index (χ0) is 21.8. The smallest absolute Gasteiger partial charge is 0.302 e. The maximum atomic E-state index is 11.5. The Morgan fingerprint density at radius 3 is 2.80 bits per heavy atom. The molecule has 30 heavy (non-hydrogen) atoms. The summed E-state index contributed by atoms with van der Waals surface area (Å²) in [4.78, 5) is 14.7. The van der Waals surface area contributed by atoms with Crippen molar-refractivity contribution in [3.05, 3.63) is 33.5 Å². The van der Waals surface area contributed by atoms with Crippen molar-refractivity contribution in [3.63, 3.8) is 0 Å². The Labute approximate surface area is 192 Å². The van der Waals surface area contributed by atoms with E-state index >= 15 is 0 Å². The van der Waals surface area contributed by atoms with Crippen molar-refractivity contribution in [3.8, 4) is 11.5 Å². The van der Waals surface area contributed by atoms with Gasteiger partial charge in [0.2, 0.25) is 6.29 Å². The second-order valence-electron chi connectivity index (χ2n) is 6.97. The number of rotatable bonds is 8. The van der Waals surface area contributed by atoms with Crippen molar-refractivity contribution in [2.24, 2.45) is 0 Å². The highest BCUT2D eigenvalue weighted by Crippen LogP contribution is 2.44. The Hall–Kier alpha value is -1.71. The highest BCUT2D eigenvalue weighted by atomic mass is 79.9. The first kappa shape index (κ1) is 23.0. The van der Waals surface area contributed by atoms with Gasteiger partial charge in [-0.25, -0.2) is 0 Å². The summed E-state index contributed by atoms with van der Waals surface area (Å²) in [7, 11) is 1.53. The molecular weight excluding hydrogens is 522 g/mol. The SMILES string of the molecule is C=C(OC)C1CC(OC(C)=O)CC(Oc2c[nH]c3cc(Br)c(OCCC)c(Br)c23)O1. The molecule has 3 rings (SSSR count). The Balaban J connectivity index is 1.88. The standard InChI is InChI=1S/C21H25Br2NO6/c1-5-6-27-21-14(22)9-15-19(20(21)23)17(10-24-15)30-18-8-13(28-12(3)25)7-16(29-18)11(2)26-4/h9-10,13,16,18,24H,2,5-8H2,1,3-4H3. The van der Waals surface area contributed by atoms with Gasteiger partial charge >= 0.3 is 5.97 Å². The van der Waals surface area contributed by atoms with Crippen LogP contribution in [0.5, 0.6) is 11.5 Å². The highest BCUT2D eigenvalue weighted by Gasteiger charge is 2.35. The van der Waals surface area contributed by atoms with Gasteiger partial charge in [-0.2, -0.15) is 0 Å². The highest BCUT2D eigenvalue weighted by molar-refractivity contribution is 9.11. The van der Waals surface area contributed by atoms with Crippen LogP contribution in [-0.2, 0) is 19.0 Å². The Morgan fingerprint density at radius 2 is 2.13 bits per heavy atom. The van der Waals surface area contributed by atoms with Gasteiger partial charge in [-0.05, 0) is 44.3 Å². The molecule has 0 spiro atoms. The average molecular weight is 547 g/mol. The zero-order valence-electron chi connectivity index (χ0n) is 17.1. The van der Waals surface area contributed by atoms with Crippen LogP contribution >= 0.6 is 31.9 Å². The van der Waals surface area contributed by atoms with Gasteiger partial charge in [0.25, 0.3) is 0 Å². The van der Waals surface area contributed by atoms with Crippen molar-refractivity contribution in [2.45, 2.75) is 51.6 Å². The molecule has 0 amide bonds. The van der Waals surface area contributed by atoms with Gasteiger partial charge in [0.05, 0.1) is 33.6 Å². The summed E-state index contributed by atoms with van der Waals surface area (Å²) in [6.07, 6.45) is 2.08. The fourth-order valence-corrected chi connectivity index (χ4v) is 4.88. The topological polar surface area (TPSA) is 79.0 Å². The second kappa shape index (κ2) is 10.1. The quantitative estimate of drug-likeness (QED) is 0.350. The number of hydrogen-bond acceptors (Lipinski definition) is 6. The van der Waals surface area contributed by atoms with Crippen LogP contribution in [0.4, 0.5) is 0 Å². The molecule has 3 atom stereocenters. The van der Waals surface area contributed by atoms with E-state index in [2.05, 4.69) is 50.3 Å². The minimum Gasteiger partial charge on any atom is -0.499 e. The van der Waals surface area contributed by atoms with Crippen LogP contribution in [0.1, 0.15) is 33.1 Å². The number of aromatic nitrogens is 1. The van der Waals surface area contributed by atoms with Crippen LogP contribution < -0.4 is 9.47 Å². The van der Waals surface area contributed by atoms with E-state index in [-0.39, 0.29) is 12.1 Å². The number of carbonyl (C=O) groups excluding carboxylic acids is 1. The Kier molecular flexibility index (Phi) is 7.70. The summed E-state index contributed by atoms with van der Waals surface area (Å²) in [6, 6.07) is 1.94. The Morgan fingerprint density at radius 1 is 1.37 bits per heavy atom. The van der Waals surface area contributed by atoms with Crippen molar-refractivity contribution < 1.29 is 28.5 Å². The third-order valence-electron chi connectivity index (χ3n) is 4.69. The fraction of sp³-hybridized carbons (Fsp3) is 0.476. The second-order valence-corrected chi connectivity index (χ2v) is 8.62. The maximum absolute atomic E-state index is 11.5. The number of benzene rings is 1. The predicted octanol–water partition coefficient (Wildman–Crippen LogP) is 5.46. The monoisotopic (exact) mass is 545 g/mol. The molecule has 9 heteroatoms. The third-order valence-corrected chi connectivity index (χ3v) is 6.04. The molecule has 164 valence electrons. The number of nitrogens with one attached hydrogen (secondary N) is 1. The van der Waals surface area contributed by atoms with Gasteiger partial charge < -0.3 is 28.7 Å². The van der Waals surface area contributed by atoms with E-state index in [0.717, 1.165) is 26.3 Å². The maximum Gasteiger partial charge on any atom is 0.302 e. The lowest BCUT2D eigenvalue weighted by atomic mass is 10.0. The number of aromatic amines is 1. The number of ether oxygens (including phenoxy) is 5. The van der Waals surface area contributed by atoms with Crippen LogP contribution in [0, 0.1) is 0 Å². The van der Waals surface area contributed by atoms with Crippen molar-refractivity contribution in [2.75, 3.05) is 13.7 Å². The zero-order valence-corrected chi connectivity index (χ0v) is 20.3. The first-order valence-electron chi connectivity index (χ1n) is 9.68. The summed E-state index contributed by atoms with van der Waals surface area (Å²) in [5.41, 5.74) is 0.873. The molecule has 0 bridgehead atoms. The van der Waals surface area contributed by atoms with Gasteiger partial charge in [-0.15, -0.1) is 0 Å². The molecule has 1 aromatic heterocycles. The molecule has 1 aliphatic rings. The van der Waals surface area contributed by atoms with Crippen molar-refractivity contribution in [1.82, 2.24) is 4.98 Å². The molecule has 0 saturated carbocycles. The molecule has 7 nitrogen and oxygen atoms in total. The first-order chi connectivity index (χ1) is 14.3.